The molecule has 0 aromatic carbocycles. The summed E-state index contributed by atoms with van der Waals surface area (Å²) in [5.74, 6) is 0. The molecular formula is C7H13N3OS. The predicted molar refractivity (Wildman–Crippen MR) is 48.5 cm³/mol. The van der Waals surface area contributed by atoms with Crippen LogP contribution in [0.5, 0.6) is 0 Å². The first-order chi connectivity index (χ1) is 5.74. The Morgan fingerprint density at radius 1 is 1.83 bits per heavy atom. The van der Waals surface area contributed by atoms with Gasteiger partial charge in [0.05, 0.1) is 12.6 Å². The van der Waals surface area contributed by atoms with Gasteiger partial charge in [0.25, 0.3) is 0 Å². The zero-order chi connectivity index (χ0) is 8.97. The highest BCUT2D eigenvalue weighted by molar-refractivity contribution is 7.71. The van der Waals surface area contributed by atoms with Gasteiger partial charge < -0.3 is 9.30 Å². The van der Waals surface area contributed by atoms with Crippen LogP contribution in [0.1, 0.15) is 13.8 Å². The molecule has 1 rings (SSSR count). The van der Waals surface area contributed by atoms with Gasteiger partial charge in [-0.1, -0.05) is 0 Å². The van der Waals surface area contributed by atoms with E-state index in [1.165, 1.54) is 0 Å². The molecule has 1 N–H and O–H groups in total. The molecule has 0 saturated heterocycles. The molecule has 0 saturated carbocycles. The van der Waals surface area contributed by atoms with E-state index in [2.05, 4.69) is 10.2 Å². The first kappa shape index (κ1) is 9.41. The van der Waals surface area contributed by atoms with Crippen molar-refractivity contribution in [3.8, 4) is 0 Å². The maximum Gasteiger partial charge on any atom is 0.195 e. The van der Waals surface area contributed by atoms with Gasteiger partial charge in [0, 0.05) is 6.61 Å². The third-order valence-electron chi connectivity index (χ3n) is 1.52. The Morgan fingerprint density at radius 3 is 3.08 bits per heavy atom. The number of H-pyrrole nitrogens is 1. The summed E-state index contributed by atoms with van der Waals surface area (Å²) >= 11 is 4.98. The van der Waals surface area contributed by atoms with Crippen molar-refractivity contribution < 1.29 is 4.74 Å². The summed E-state index contributed by atoms with van der Waals surface area (Å²) in [4.78, 5) is 0. The normalized spacial score (nSPS) is 13.2. The SMILES string of the molecule is CCOC(C)Cn1cn[nH]c1=S. The number of nitrogens with one attached hydrogen (secondary N) is 1. The highest BCUT2D eigenvalue weighted by Gasteiger charge is 2.02. The highest BCUT2D eigenvalue weighted by Crippen LogP contribution is 1.96. The second-order valence-corrected chi connectivity index (χ2v) is 2.97. The molecule has 5 heteroatoms. The second-order valence-electron chi connectivity index (χ2n) is 2.58. The van der Waals surface area contributed by atoms with E-state index in [0.29, 0.717) is 4.77 Å². The minimum Gasteiger partial charge on any atom is -0.377 e. The number of rotatable bonds is 4. The van der Waals surface area contributed by atoms with Crippen LogP contribution in [0.15, 0.2) is 6.33 Å². The fourth-order valence-corrected chi connectivity index (χ4v) is 1.19. The molecule has 1 heterocycles. The van der Waals surface area contributed by atoms with E-state index < -0.39 is 0 Å². The van der Waals surface area contributed by atoms with E-state index in [1.807, 2.05) is 18.4 Å². The molecule has 0 amide bonds. The van der Waals surface area contributed by atoms with Crippen LogP contribution in [0.4, 0.5) is 0 Å². The number of ether oxygens (including phenoxy) is 1. The van der Waals surface area contributed by atoms with Crippen LogP contribution in [0.25, 0.3) is 0 Å². The first-order valence-electron chi connectivity index (χ1n) is 3.95. The first-order valence-corrected chi connectivity index (χ1v) is 4.36. The van der Waals surface area contributed by atoms with Crippen LogP contribution in [0.3, 0.4) is 0 Å². The summed E-state index contributed by atoms with van der Waals surface area (Å²) < 4.78 is 7.86. The van der Waals surface area contributed by atoms with Crippen molar-refractivity contribution in [2.75, 3.05) is 6.61 Å². The molecule has 12 heavy (non-hydrogen) atoms. The number of nitrogens with zero attached hydrogens (tertiary/aromatic N) is 2. The van der Waals surface area contributed by atoms with Gasteiger partial charge in [0.1, 0.15) is 6.33 Å². The molecule has 0 aliphatic carbocycles. The summed E-state index contributed by atoms with van der Waals surface area (Å²) in [5, 5.41) is 6.50. The van der Waals surface area contributed by atoms with E-state index in [4.69, 9.17) is 17.0 Å². The van der Waals surface area contributed by atoms with E-state index in [-0.39, 0.29) is 6.10 Å². The molecule has 1 aromatic rings. The summed E-state index contributed by atoms with van der Waals surface area (Å²) in [5.41, 5.74) is 0. The lowest BCUT2D eigenvalue weighted by Gasteiger charge is -2.10. The van der Waals surface area contributed by atoms with E-state index in [0.717, 1.165) is 13.2 Å². The van der Waals surface area contributed by atoms with Crippen LogP contribution < -0.4 is 0 Å². The zero-order valence-corrected chi connectivity index (χ0v) is 8.10. The molecule has 0 spiro atoms. The minimum absolute atomic E-state index is 0.180. The van der Waals surface area contributed by atoms with Gasteiger partial charge in [-0.2, -0.15) is 5.10 Å². The molecule has 0 radical (unpaired) electrons. The summed E-state index contributed by atoms with van der Waals surface area (Å²) in [6.45, 7) is 5.47. The van der Waals surface area contributed by atoms with E-state index >= 15 is 0 Å². The van der Waals surface area contributed by atoms with Gasteiger partial charge in [0.2, 0.25) is 0 Å². The number of hydrogen-bond acceptors (Lipinski definition) is 3. The van der Waals surface area contributed by atoms with Gasteiger partial charge in [-0.3, -0.25) is 5.10 Å². The van der Waals surface area contributed by atoms with Gasteiger partial charge >= 0.3 is 0 Å². The molecular weight excluding hydrogens is 174 g/mol. The third kappa shape index (κ3) is 2.42. The van der Waals surface area contributed by atoms with Crippen molar-refractivity contribution in [3.63, 3.8) is 0 Å². The summed E-state index contributed by atoms with van der Waals surface area (Å²) in [6, 6.07) is 0. The molecule has 68 valence electrons. The quantitative estimate of drug-likeness (QED) is 0.724. The van der Waals surface area contributed by atoms with Crippen LogP contribution >= 0.6 is 12.2 Å². The average Bonchev–Trinajstić information content (AvgIpc) is 2.37. The van der Waals surface area contributed by atoms with Crippen molar-refractivity contribution in [2.24, 2.45) is 0 Å². The van der Waals surface area contributed by atoms with Crippen LogP contribution in [0.2, 0.25) is 0 Å². The molecule has 4 nitrogen and oxygen atoms in total. The minimum atomic E-state index is 0.180. The Labute approximate surface area is 76.6 Å². The maximum absolute atomic E-state index is 5.36. The molecule has 1 aromatic heterocycles. The monoisotopic (exact) mass is 187 g/mol. The fourth-order valence-electron chi connectivity index (χ4n) is 1.01. The largest absolute Gasteiger partial charge is 0.377 e. The summed E-state index contributed by atoms with van der Waals surface area (Å²) in [7, 11) is 0. The molecule has 0 bridgehead atoms. The van der Waals surface area contributed by atoms with Crippen LogP contribution in [0, 0.1) is 4.77 Å². The molecule has 0 aliphatic heterocycles. The van der Waals surface area contributed by atoms with Crippen LogP contribution in [-0.2, 0) is 11.3 Å². The maximum atomic E-state index is 5.36. The van der Waals surface area contributed by atoms with Crippen molar-refractivity contribution in [2.45, 2.75) is 26.5 Å². The topological polar surface area (TPSA) is 42.8 Å². The van der Waals surface area contributed by atoms with Crippen molar-refractivity contribution in [1.82, 2.24) is 14.8 Å². The number of aromatic nitrogens is 3. The standard InChI is InChI=1S/C7H13N3OS/c1-3-11-6(2)4-10-5-8-9-7(10)12/h5-6H,3-4H2,1-2H3,(H,9,12). The Kier molecular flexibility index (Phi) is 3.43. The Morgan fingerprint density at radius 2 is 2.58 bits per heavy atom. The van der Waals surface area contributed by atoms with E-state index in [9.17, 15) is 0 Å². The summed E-state index contributed by atoms with van der Waals surface area (Å²) in [6.07, 6.45) is 1.86. The van der Waals surface area contributed by atoms with Crippen molar-refractivity contribution >= 4 is 12.2 Å². The van der Waals surface area contributed by atoms with E-state index in [1.54, 1.807) is 6.33 Å². The Hall–Kier alpha value is -0.680. The third-order valence-corrected chi connectivity index (χ3v) is 1.85. The zero-order valence-electron chi connectivity index (χ0n) is 7.28. The Balaban J connectivity index is 2.52. The number of hydrogen-bond donors (Lipinski definition) is 1. The van der Waals surface area contributed by atoms with Gasteiger partial charge in [-0.25, -0.2) is 0 Å². The predicted octanol–water partition coefficient (Wildman–Crippen LogP) is 1.37. The lowest BCUT2D eigenvalue weighted by Crippen LogP contribution is -2.15. The smallest absolute Gasteiger partial charge is 0.195 e. The molecule has 0 fully saturated rings. The number of aromatic amines is 1. The molecule has 0 aliphatic rings. The Bertz CT molecular complexity index is 280. The second kappa shape index (κ2) is 4.37. The van der Waals surface area contributed by atoms with Crippen LogP contribution in [-0.4, -0.2) is 27.5 Å². The van der Waals surface area contributed by atoms with Gasteiger partial charge in [0.15, 0.2) is 4.77 Å². The highest BCUT2D eigenvalue weighted by atomic mass is 32.1. The average molecular weight is 187 g/mol. The lowest BCUT2D eigenvalue weighted by atomic mass is 10.4. The molecule has 1 unspecified atom stereocenters. The van der Waals surface area contributed by atoms with Crippen molar-refractivity contribution in [1.29, 1.82) is 0 Å². The molecule has 1 atom stereocenters. The van der Waals surface area contributed by atoms with Gasteiger partial charge in [-0.05, 0) is 26.1 Å². The van der Waals surface area contributed by atoms with Crippen molar-refractivity contribution in [3.05, 3.63) is 11.1 Å². The fraction of sp³-hybridized carbons (Fsp3) is 0.714. The van der Waals surface area contributed by atoms with Gasteiger partial charge in [-0.15, -0.1) is 0 Å². The lowest BCUT2D eigenvalue weighted by molar-refractivity contribution is 0.0637.